The molecule has 0 saturated carbocycles. The Kier molecular flexibility index (Phi) is 2.14. The molecule has 0 bridgehead atoms. The summed E-state index contributed by atoms with van der Waals surface area (Å²) >= 11 is 0. The van der Waals surface area contributed by atoms with E-state index >= 15 is 0 Å². The van der Waals surface area contributed by atoms with Crippen molar-refractivity contribution < 1.29 is 0 Å². The summed E-state index contributed by atoms with van der Waals surface area (Å²) in [6.07, 6.45) is 2.02. The number of rotatable bonds is 0. The van der Waals surface area contributed by atoms with Crippen LogP contribution in [0.1, 0.15) is 32.3 Å². The van der Waals surface area contributed by atoms with Gasteiger partial charge in [-0.2, -0.15) is 0 Å². The number of hydrogen-bond donors (Lipinski definition) is 0. The van der Waals surface area contributed by atoms with E-state index in [0.717, 1.165) is 19.6 Å². The topological polar surface area (TPSA) is 21.1 Å². The van der Waals surface area contributed by atoms with Gasteiger partial charge in [0.15, 0.2) is 0 Å². The molecule has 2 rings (SSSR count). The van der Waals surface area contributed by atoms with Crippen molar-refractivity contribution >= 4 is 0 Å². The molecule has 0 spiro atoms. The molecule has 2 heterocycles. The van der Waals surface area contributed by atoms with Crippen LogP contribution in [0.3, 0.4) is 0 Å². The van der Waals surface area contributed by atoms with Crippen LogP contribution in [0.2, 0.25) is 0 Å². The summed E-state index contributed by atoms with van der Waals surface area (Å²) in [6.45, 7) is 9.91. The number of likely N-dealkylation sites (N-methyl/N-ethyl adjacent to an activating group) is 1. The summed E-state index contributed by atoms with van der Waals surface area (Å²) in [5.74, 6) is 1.22. The Hall–Kier alpha value is -0.830. The van der Waals surface area contributed by atoms with Crippen molar-refractivity contribution in [3.05, 3.63) is 17.7 Å². The molecule has 0 fully saturated rings. The Morgan fingerprint density at radius 1 is 1.29 bits per heavy atom. The van der Waals surface area contributed by atoms with Crippen LogP contribution in [0.5, 0.6) is 0 Å². The van der Waals surface area contributed by atoms with Gasteiger partial charge in [0.05, 0.1) is 5.69 Å². The van der Waals surface area contributed by atoms with Gasteiger partial charge in [-0.05, 0) is 7.05 Å². The van der Waals surface area contributed by atoms with Crippen LogP contribution in [0.25, 0.3) is 0 Å². The first kappa shape index (κ1) is 9.71. The van der Waals surface area contributed by atoms with Crippen LogP contribution in [0, 0.1) is 0 Å². The van der Waals surface area contributed by atoms with E-state index in [1.807, 2.05) is 6.20 Å². The minimum Gasteiger partial charge on any atom is -0.329 e. The summed E-state index contributed by atoms with van der Waals surface area (Å²) in [6, 6.07) is 0. The molecule has 0 aliphatic carbocycles. The Bertz CT molecular complexity index is 333. The zero-order chi connectivity index (χ0) is 10.3. The van der Waals surface area contributed by atoms with Gasteiger partial charge in [-0.1, -0.05) is 20.8 Å². The number of hydrogen-bond acceptors (Lipinski definition) is 2. The van der Waals surface area contributed by atoms with Crippen molar-refractivity contribution in [2.75, 3.05) is 13.6 Å². The highest BCUT2D eigenvalue weighted by molar-refractivity contribution is 5.13. The Balaban J connectivity index is 2.38. The van der Waals surface area contributed by atoms with Gasteiger partial charge >= 0.3 is 0 Å². The molecule has 1 aliphatic rings. The number of aromatic nitrogens is 2. The van der Waals surface area contributed by atoms with Gasteiger partial charge in [-0.3, -0.25) is 4.90 Å². The second kappa shape index (κ2) is 3.09. The third kappa shape index (κ3) is 1.57. The lowest BCUT2D eigenvalue weighted by Crippen LogP contribution is -2.32. The monoisotopic (exact) mass is 193 g/mol. The summed E-state index contributed by atoms with van der Waals surface area (Å²) < 4.78 is 2.38. The smallest absolute Gasteiger partial charge is 0.114 e. The van der Waals surface area contributed by atoms with Crippen molar-refractivity contribution in [2.45, 2.75) is 39.3 Å². The van der Waals surface area contributed by atoms with E-state index in [9.17, 15) is 0 Å². The molecule has 14 heavy (non-hydrogen) atoms. The van der Waals surface area contributed by atoms with Gasteiger partial charge in [0.2, 0.25) is 0 Å². The minimum absolute atomic E-state index is 0.161. The Morgan fingerprint density at radius 3 is 2.64 bits per heavy atom. The van der Waals surface area contributed by atoms with Crippen molar-refractivity contribution in [3.8, 4) is 0 Å². The van der Waals surface area contributed by atoms with Crippen molar-refractivity contribution in [1.29, 1.82) is 0 Å². The van der Waals surface area contributed by atoms with Crippen LogP contribution in [0.4, 0.5) is 0 Å². The molecule has 0 amide bonds. The van der Waals surface area contributed by atoms with E-state index in [1.54, 1.807) is 0 Å². The molecule has 3 nitrogen and oxygen atoms in total. The molecule has 1 aromatic heterocycles. The van der Waals surface area contributed by atoms with Gasteiger partial charge in [0.25, 0.3) is 0 Å². The fourth-order valence-corrected chi connectivity index (χ4v) is 2.01. The normalized spacial score (nSPS) is 18.3. The first-order valence-corrected chi connectivity index (χ1v) is 5.22. The zero-order valence-corrected chi connectivity index (χ0v) is 9.54. The Labute approximate surface area is 85.7 Å². The average Bonchev–Trinajstić information content (AvgIpc) is 2.45. The van der Waals surface area contributed by atoms with Crippen LogP contribution < -0.4 is 0 Å². The minimum atomic E-state index is 0.161. The molecule has 0 aromatic carbocycles. The number of imidazole rings is 1. The molecule has 1 aliphatic heterocycles. The van der Waals surface area contributed by atoms with Crippen LogP contribution in [0.15, 0.2) is 6.20 Å². The third-order valence-electron chi connectivity index (χ3n) is 2.75. The van der Waals surface area contributed by atoms with Crippen molar-refractivity contribution in [1.82, 2.24) is 14.5 Å². The molecule has 3 heteroatoms. The van der Waals surface area contributed by atoms with Crippen molar-refractivity contribution in [2.24, 2.45) is 0 Å². The number of nitrogens with zero attached hydrogens (tertiary/aromatic N) is 3. The quantitative estimate of drug-likeness (QED) is 0.624. The highest BCUT2D eigenvalue weighted by atomic mass is 15.2. The maximum atomic E-state index is 4.54. The molecule has 78 valence electrons. The van der Waals surface area contributed by atoms with E-state index in [1.165, 1.54) is 11.5 Å². The summed E-state index contributed by atoms with van der Waals surface area (Å²) in [5, 5.41) is 0. The highest BCUT2D eigenvalue weighted by Crippen LogP contribution is 2.24. The molecule has 0 unspecified atom stereocenters. The van der Waals surface area contributed by atoms with Gasteiger partial charge in [-0.15, -0.1) is 0 Å². The van der Waals surface area contributed by atoms with E-state index in [2.05, 4.69) is 42.3 Å². The van der Waals surface area contributed by atoms with E-state index in [0.29, 0.717) is 0 Å². The molecular weight excluding hydrogens is 174 g/mol. The lowest BCUT2D eigenvalue weighted by molar-refractivity contribution is 0.262. The van der Waals surface area contributed by atoms with Gasteiger partial charge in [-0.25, -0.2) is 4.98 Å². The molecule has 0 radical (unpaired) electrons. The molecule has 0 N–H and O–H groups in total. The van der Waals surface area contributed by atoms with Gasteiger partial charge in [0, 0.05) is 31.2 Å². The third-order valence-corrected chi connectivity index (χ3v) is 2.75. The second-order valence-electron chi connectivity index (χ2n) is 5.21. The predicted octanol–water partition coefficient (Wildman–Crippen LogP) is 1.63. The standard InChI is InChI=1S/C11H19N3/c1-11(2,3)10-12-7-9-8-13(4)5-6-14(9)10/h7H,5-6,8H2,1-4H3. The van der Waals surface area contributed by atoms with E-state index in [4.69, 9.17) is 0 Å². The average molecular weight is 193 g/mol. The maximum absolute atomic E-state index is 4.54. The fourth-order valence-electron chi connectivity index (χ4n) is 2.01. The second-order valence-corrected chi connectivity index (χ2v) is 5.21. The summed E-state index contributed by atoms with van der Waals surface area (Å²) in [5.41, 5.74) is 1.51. The molecular formula is C11H19N3. The lowest BCUT2D eigenvalue weighted by Gasteiger charge is -2.28. The van der Waals surface area contributed by atoms with Gasteiger partial charge < -0.3 is 4.57 Å². The first-order valence-electron chi connectivity index (χ1n) is 5.22. The van der Waals surface area contributed by atoms with E-state index < -0.39 is 0 Å². The van der Waals surface area contributed by atoms with Crippen LogP contribution >= 0.6 is 0 Å². The summed E-state index contributed by atoms with van der Waals surface area (Å²) in [4.78, 5) is 6.88. The highest BCUT2D eigenvalue weighted by Gasteiger charge is 2.24. The lowest BCUT2D eigenvalue weighted by atomic mass is 9.95. The first-order chi connectivity index (χ1) is 6.48. The van der Waals surface area contributed by atoms with Crippen LogP contribution in [-0.4, -0.2) is 28.0 Å². The predicted molar refractivity (Wildman–Crippen MR) is 57.3 cm³/mol. The molecule has 0 saturated heterocycles. The zero-order valence-electron chi connectivity index (χ0n) is 9.54. The maximum Gasteiger partial charge on any atom is 0.114 e. The fraction of sp³-hybridized carbons (Fsp3) is 0.727. The number of fused-ring (bicyclic) bond motifs is 1. The van der Waals surface area contributed by atoms with Crippen molar-refractivity contribution in [3.63, 3.8) is 0 Å². The SMILES string of the molecule is CN1CCn2c(cnc2C(C)(C)C)C1. The van der Waals surface area contributed by atoms with Crippen LogP contribution in [-0.2, 0) is 18.5 Å². The van der Waals surface area contributed by atoms with E-state index in [-0.39, 0.29) is 5.41 Å². The largest absolute Gasteiger partial charge is 0.329 e. The molecule has 1 aromatic rings. The summed E-state index contributed by atoms with van der Waals surface area (Å²) in [7, 11) is 2.16. The Morgan fingerprint density at radius 2 is 2.00 bits per heavy atom. The van der Waals surface area contributed by atoms with Gasteiger partial charge in [0.1, 0.15) is 5.82 Å². The molecule has 0 atom stereocenters.